The first kappa shape index (κ1) is 15.0. The van der Waals surface area contributed by atoms with Gasteiger partial charge in [-0.25, -0.2) is 0 Å². The Balaban J connectivity index is 1.95. The Morgan fingerprint density at radius 2 is 2.10 bits per heavy atom. The molecule has 0 spiro atoms. The van der Waals surface area contributed by atoms with Gasteiger partial charge in [0.15, 0.2) is 0 Å². The zero-order valence-electron chi connectivity index (χ0n) is 13.6. The van der Waals surface area contributed by atoms with Gasteiger partial charge in [-0.15, -0.1) is 0 Å². The topological polar surface area (TPSA) is 49.8 Å². The number of hydrogen-bond acceptors (Lipinski definition) is 4. The van der Waals surface area contributed by atoms with Gasteiger partial charge in [-0.2, -0.15) is 0 Å². The van der Waals surface area contributed by atoms with Gasteiger partial charge >= 0.3 is 5.97 Å². The highest BCUT2D eigenvalue weighted by Crippen LogP contribution is 2.52. The normalized spacial score (nSPS) is 42.9. The molecule has 3 rings (SSSR count). The molecule has 0 aromatic carbocycles. The third-order valence-corrected chi connectivity index (χ3v) is 5.73. The number of ether oxygens (including phenoxy) is 1. The predicted octanol–water partition coefficient (Wildman–Crippen LogP) is 1.98. The lowest BCUT2D eigenvalue weighted by Gasteiger charge is -2.33. The Morgan fingerprint density at radius 3 is 2.76 bits per heavy atom. The van der Waals surface area contributed by atoms with Gasteiger partial charge in [-0.1, -0.05) is 11.1 Å². The van der Waals surface area contributed by atoms with E-state index in [1.54, 1.807) is 0 Å². The van der Waals surface area contributed by atoms with Crippen LogP contribution < -0.4 is 0 Å². The molecule has 1 saturated carbocycles. The highest BCUT2D eigenvalue weighted by molar-refractivity contribution is 5.76. The zero-order chi connectivity index (χ0) is 15.4. The first-order chi connectivity index (χ1) is 9.81. The lowest BCUT2D eigenvalue weighted by atomic mass is 9.77. The van der Waals surface area contributed by atoms with E-state index < -0.39 is 5.60 Å². The Kier molecular flexibility index (Phi) is 3.65. The van der Waals surface area contributed by atoms with Crippen LogP contribution in [0.25, 0.3) is 0 Å². The fourth-order valence-electron chi connectivity index (χ4n) is 4.65. The van der Waals surface area contributed by atoms with Gasteiger partial charge in [-0.05, 0) is 53.6 Å². The van der Waals surface area contributed by atoms with Crippen LogP contribution in [0.2, 0.25) is 0 Å². The maximum Gasteiger partial charge on any atom is 0.310 e. The summed E-state index contributed by atoms with van der Waals surface area (Å²) in [5, 5.41) is 10.8. The van der Waals surface area contributed by atoms with E-state index in [1.807, 2.05) is 21.0 Å². The average molecular weight is 293 g/mol. The molecule has 1 heterocycles. The van der Waals surface area contributed by atoms with Crippen LogP contribution in [0.15, 0.2) is 11.1 Å². The van der Waals surface area contributed by atoms with Crippen molar-refractivity contribution < 1.29 is 14.6 Å². The van der Waals surface area contributed by atoms with E-state index in [2.05, 4.69) is 11.8 Å². The Morgan fingerprint density at radius 1 is 1.38 bits per heavy atom. The van der Waals surface area contributed by atoms with Gasteiger partial charge in [-0.3, -0.25) is 4.79 Å². The minimum Gasteiger partial charge on any atom is -0.461 e. The second kappa shape index (κ2) is 5.10. The van der Waals surface area contributed by atoms with Gasteiger partial charge in [0.1, 0.15) is 6.10 Å². The molecule has 3 aliphatic rings. The third kappa shape index (κ3) is 2.42. The Bertz CT molecular complexity index is 480. The molecule has 0 bridgehead atoms. The van der Waals surface area contributed by atoms with Crippen molar-refractivity contribution in [3.8, 4) is 0 Å². The molecule has 1 aliphatic heterocycles. The number of allylic oxidation sites excluding steroid dienone is 1. The van der Waals surface area contributed by atoms with Crippen molar-refractivity contribution >= 4 is 5.97 Å². The van der Waals surface area contributed by atoms with Gasteiger partial charge in [0.25, 0.3) is 0 Å². The molecule has 118 valence electrons. The van der Waals surface area contributed by atoms with E-state index >= 15 is 0 Å². The van der Waals surface area contributed by atoms with Gasteiger partial charge in [0.05, 0.1) is 11.5 Å². The average Bonchev–Trinajstić information content (AvgIpc) is 2.79. The summed E-state index contributed by atoms with van der Waals surface area (Å²) in [6.45, 7) is 4.84. The second-order valence-corrected chi connectivity index (χ2v) is 7.61. The van der Waals surface area contributed by atoms with E-state index in [0.29, 0.717) is 0 Å². The lowest BCUT2D eigenvalue weighted by Crippen LogP contribution is -2.41. The van der Waals surface area contributed by atoms with Gasteiger partial charge in [0.2, 0.25) is 0 Å². The minimum absolute atomic E-state index is 0.00103. The number of aliphatic hydroxyl groups is 1. The first-order valence-corrected chi connectivity index (χ1v) is 8.07. The Labute approximate surface area is 127 Å². The monoisotopic (exact) mass is 293 g/mol. The summed E-state index contributed by atoms with van der Waals surface area (Å²) >= 11 is 0. The summed E-state index contributed by atoms with van der Waals surface area (Å²) in [4.78, 5) is 14.4. The predicted molar refractivity (Wildman–Crippen MR) is 80.7 cm³/mol. The molecule has 1 saturated heterocycles. The summed E-state index contributed by atoms with van der Waals surface area (Å²) < 4.78 is 5.80. The molecule has 5 atom stereocenters. The zero-order valence-corrected chi connectivity index (χ0v) is 13.6. The third-order valence-electron chi connectivity index (χ3n) is 5.73. The van der Waals surface area contributed by atoms with E-state index in [9.17, 15) is 9.90 Å². The lowest BCUT2D eigenvalue weighted by molar-refractivity contribution is -0.148. The summed E-state index contributed by atoms with van der Waals surface area (Å²) in [6, 6.07) is 0. The maximum absolute atomic E-state index is 12.3. The first-order valence-electron chi connectivity index (χ1n) is 8.07. The highest BCUT2D eigenvalue weighted by Gasteiger charge is 2.56. The van der Waals surface area contributed by atoms with Crippen molar-refractivity contribution in [2.75, 3.05) is 20.6 Å². The van der Waals surface area contributed by atoms with Crippen LogP contribution in [0.4, 0.5) is 0 Å². The number of esters is 1. The van der Waals surface area contributed by atoms with Crippen molar-refractivity contribution in [1.29, 1.82) is 0 Å². The molecule has 0 aromatic heterocycles. The molecule has 0 aromatic rings. The molecule has 2 aliphatic carbocycles. The molecule has 4 heteroatoms. The molecule has 4 nitrogen and oxygen atoms in total. The number of fused-ring (bicyclic) bond motifs is 3. The number of carbonyl (C=O) groups excluding carboxylic acids is 1. The SMILES string of the molecule is CC1=C2CC[C@@](C)(O)C2C2OC(=O)[C@@H](CN(C)C)C2CC1. The molecule has 21 heavy (non-hydrogen) atoms. The van der Waals surface area contributed by atoms with Crippen molar-refractivity contribution in [2.45, 2.75) is 51.2 Å². The quantitative estimate of drug-likeness (QED) is 0.625. The van der Waals surface area contributed by atoms with Crippen molar-refractivity contribution in [1.82, 2.24) is 4.90 Å². The summed E-state index contributed by atoms with van der Waals surface area (Å²) in [7, 11) is 4.00. The summed E-state index contributed by atoms with van der Waals surface area (Å²) in [5.41, 5.74) is 2.02. The van der Waals surface area contributed by atoms with Crippen LogP contribution >= 0.6 is 0 Å². The van der Waals surface area contributed by atoms with Gasteiger partial charge < -0.3 is 14.7 Å². The molecule has 2 fully saturated rings. The van der Waals surface area contributed by atoms with Crippen LogP contribution in [0.1, 0.15) is 39.5 Å². The van der Waals surface area contributed by atoms with Crippen molar-refractivity contribution in [3.63, 3.8) is 0 Å². The van der Waals surface area contributed by atoms with Crippen LogP contribution in [0.3, 0.4) is 0 Å². The van der Waals surface area contributed by atoms with Crippen molar-refractivity contribution in [2.24, 2.45) is 17.8 Å². The van der Waals surface area contributed by atoms with E-state index in [-0.39, 0.29) is 29.8 Å². The number of carbonyl (C=O) groups is 1. The standard InChI is InChI=1S/C17H27NO3/c1-10-5-6-12-13(9-18(3)4)16(19)21-15(12)14-11(10)7-8-17(14,2)20/h12-15,20H,5-9H2,1-4H3/t12?,13-,14?,15?,17+/m0/s1. The fourth-order valence-corrected chi connectivity index (χ4v) is 4.65. The smallest absolute Gasteiger partial charge is 0.310 e. The second-order valence-electron chi connectivity index (χ2n) is 7.61. The van der Waals surface area contributed by atoms with E-state index in [1.165, 1.54) is 11.1 Å². The van der Waals surface area contributed by atoms with E-state index in [0.717, 1.165) is 32.2 Å². The van der Waals surface area contributed by atoms with Gasteiger partial charge in [0, 0.05) is 18.4 Å². The summed E-state index contributed by atoms with van der Waals surface area (Å²) in [6.07, 6.45) is 3.62. The molecule has 1 N–H and O–H groups in total. The van der Waals surface area contributed by atoms with E-state index in [4.69, 9.17) is 4.74 Å². The molecule has 0 radical (unpaired) electrons. The summed E-state index contributed by atoms with van der Waals surface area (Å²) in [5.74, 6) is 0.122. The number of hydrogen-bond donors (Lipinski definition) is 1. The van der Waals surface area contributed by atoms with Crippen molar-refractivity contribution in [3.05, 3.63) is 11.1 Å². The minimum atomic E-state index is -0.739. The number of nitrogens with zero attached hydrogens (tertiary/aromatic N) is 1. The largest absolute Gasteiger partial charge is 0.461 e. The van der Waals surface area contributed by atoms with Crippen LogP contribution in [0.5, 0.6) is 0 Å². The highest BCUT2D eigenvalue weighted by atomic mass is 16.6. The van der Waals surface area contributed by atoms with Crippen LogP contribution in [0, 0.1) is 17.8 Å². The fraction of sp³-hybridized carbons (Fsp3) is 0.824. The molecular formula is C17H27NO3. The maximum atomic E-state index is 12.3. The molecule has 0 amide bonds. The van der Waals surface area contributed by atoms with Crippen LogP contribution in [-0.2, 0) is 9.53 Å². The van der Waals surface area contributed by atoms with Crippen LogP contribution in [-0.4, -0.2) is 48.3 Å². The Hall–Kier alpha value is -0.870. The molecule has 3 unspecified atom stereocenters. The number of rotatable bonds is 2. The molecular weight excluding hydrogens is 266 g/mol.